The SMILES string of the molecule is Cc1cc(C#N)ccc1O[C@H]1c2ccccc2CC[C@@H]1N1CCC[C@H](N)C1. The van der Waals surface area contributed by atoms with Crippen LogP contribution in [0.1, 0.15) is 47.6 Å². The van der Waals surface area contributed by atoms with Gasteiger partial charge in [0.15, 0.2) is 0 Å². The Morgan fingerprint density at radius 3 is 2.81 bits per heavy atom. The average molecular weight is 361 g/mol. The molecular weight excluding hydrogens is 334 g/mol. The van der Waals surface area contributed by atoms with Crippen LogP contribution in [0.25, 0.3) is 0 Å². The van der Waals surface area contributed by atoms with Crippen LogP contribution < -0.4 is 10.5 Å². The molecule has 0 amide bonds. The van der Waals surface area contributed by atoms with Crippen LogP contribution in [0.2, 0.25) is 0 Å². The van der Waals surface area contributed by atoms with Crippen LogP contribution in [0.3, 0.4) is 0 Å². The van der Waals surface area contributed by atoms with Gasteiger partial charge < -0.3 is 10.5 Å². The van der Waals surface area contributed by atoms with Gasteiger partial charge in [-0.15, -0.1) is 0 Å². The fraction of sp³-hybridized carbons (Fsp3) is 0.435. The Bertz CT molecular complexity index is 857. The maximum Gasteiger partial charge on any atom is 0.139 e. The van der Waals surface area contributed by atoms with Crippen molar-refractivity contribution in [2.45, 2.75) is 50.8 Å². The van der Waals surface area contributed by atoms with Gasteiger partial charge in [0.25, 0.3) is 0 Å². The molecule has 27 heavy (non-hydrogen) atoms. The lowest BCUT2D eigenvalue weighted by Crippen LogP contribution is -2.51. The minimum atomic E-state index is -0.00751. The standard InChI is InChI=1S/C23H27N3O/c1-16-13-17(14-24)8-11-22(16)27-23-20-7-3-2-5-18(20)9-10-21(23)26-12-4-6-19(25)15-26/h2-3,5,7-8,11,13,19,21,23H,4,6,9-10,12,15,25H2,1H3/t19-,21-,23-/m0/s1. The van der Waals surface area contributed by atoms with E-state index in [1.165, 1.54) is 11.1 Å². The van der Waals surface area contributed by atoms with Crippen molar-refractivity contribution in [2.75, 3.05) is 13.1 Å². The summed E-state index contributed by atoms with van der Waals surface area (Å²) in [6, 6.07) is 17.1. The number of ether oxygens (including phenoxy) is 1. The summed E-state index contributed by atoms with van der Waals surface area (Å²) in [5, 5.41) is 9.13. The van der Waals surface area contributed by atoms with Crippen LogP contribution in [-0.2, 0) is 6.42 Å². The molecule has 3 atom stereocenters. The largest absolute Gasteiger partial charge is 0.484 e. The molecule has 0 unspecified atom stereocenters. The number of likely N-dealkylation sites (tertiary alicyclic amines) is 1. The number of aryl methyl sites for hydroxylation is 2. The fourth-order valence-corrected chi connectivity index (χ4v) is 4.55. The summed E-state index contributed by atoms with van der Waals surface area (Å²) in [5.41, 5.74) is 10.6. The Hall–Kier alpha value is -2.35. The molecule has 2 aromatic rings. The van der Waals surface area contributed by atoms with Gasteiger partial charge in [0.1, 0.15) is 11.9 Å². The van der Waals surface area contributed by atoms with Crippen LogP contribution in [0.5, 0.6) is 5.75 Å². The normalized spacial score (nSPS) is 25.4. The third-order valence-corrected chi connectivity index (χ3v) is 5.94. The van der Waals surface area contributed by atoms with E-state index in [0.717, 1.165) is 50.1 Å². The number of rotatable bonds is 3. The van der Waals surface area contributed by atoms with E-state index in [1.54, 1.807) is 0 Å². The number of nitrogens with zero attached hydrogens (tertiary/aromatic N) is 2. The van der Waals surface area contributed by atoms with Crippen molar-refractivity contribution in [3.8, 4) is 11.8 Å². The van der Waals surface area contributed by atoms with E-state index in [-0.39, 0.29) is 12.1 Å². The molecule has 1 saturated heterocycles. The Morgan fingerprint density at radius 1 is 1.19 bits per heavy atom. The van der Waals surface area contributed by atoms with Gasteiger partial charge in [-0.3, -0.25) is 4.90 Å². The molecule has 4 nitrogen and oxygen atoms in total. The summed E-state index contributed by atoms with van der Waals surface area (Å²) >= 11 is 0. The van der Waals surface area contributed by atoms with Crippen LogP contribution in [-0.4, -0.2) is 30.1 Å². The Kier molecular flexibility index (Phi) is 5.15. The summed E-state index contributed by atoms with van der Waals surface area (Å²) in [7, 11) is 0. The highest BCUT2D eigenvalue weighted by Gasteiger charge is 2.36. The molecule has 0 aromatic heterocycles. The van der Waals surface area contributed by atoms with Crippen molar-refractivity contribution in [1.82, 2.24) is 4.90 Å². The Labute approximate surface area is 161 Å². The van der Waals surface area contributed by atoms with Crippen LogP contribution in [0.4, 0.5) is 0 Å². The van der Waals surface area contributed by atoms with Gasteiger partial charge in [0, 0.05) is 12.6 Å². The van der Waals surface area contributed by atoms with Crippen LogP contribution >= 0.6 is 0 Å². The summed E-state index contributed by atoms with van der Waals surface area (Å²) < 4.78 is 6.62. The lowest BCUT2D eigenvalue weighted by molar-refractivity contribution is 0.0364. The lowest BCUT2D eigenvalue weighted by atomic mass is 9.84. The molecular formula is C23H27N3O. The molecule has 0 spiro atoms. The maximum atomic E-state index is 9.13. The van der Waals surface area contributed by atoms with Crippen LogP contribution in [0, 0.1) is 18.3 Å². The Balaban J connectivity index is 1.67. The smallest absolute Gasteiger partial charge is 0.139 e. The zero-order valence-electron chi connectivity index (χ0n) is 15.9. The van der Waals surface area contributed by atoms with Crippen molar-refractivity contribution >= 4 is 0 Å². The van der Waals surface area contributed by atoms with Gasteiger partial charge in [0.05, 0.1) is 17.7 Å². The molecule has 0 radical (unpaired) electrons. The molecule has 1 aliphatic carbocycles. The first-order chi connectivity index (χ1) is 13.2. The van der Waals surface area contributed by atoms with E-state index >= 15 is 0 Å². The lowest BCUT2D eigenvalue weighted by Gasteiger charge is -2.43. The second-order valence-electron chi connectivity index (χ2n) is 7.83. The first kappa shape index (κ1) is 18.0. The van der Waals surface area contributed by atoms with Crippen molar-refractivity contribution in [3.05, 3.63) is 64.7 Å². The van der Waals surface area contributed by atoms with Crippen LogP contribution in [0.15, 0.2) is 42.5 Å². The van der Waals surface area contributed by atoms with Gasteiger partial charge in [-0.2, -0.15) is 5.26 Å². The molecule has 2 aromatic carbocycles. The van der Waals surface area contributed by atoms with Crippen molar-refractivity contribution in [1.29, 1.82) is 5.26 Å². The Morgan fingerprint density at radius 2 is 2.04 bits per heavy atom. The summed E-state index contributed by atoms with van der Waals surface area (Å²) in [5.74, 6) is 0.863. The second kappa shape index (κ2) is 7.72. The highest BCUT2D eigenvalue weighted by Crippen LogP contribution is 2.38. The quantitative estimate of drug-likeness (QED) is 0.905. The van der Waals surface area contributed by atoms with Gasteiger partial charge in [-0.1, -0.05) is 24.3 Å². The molecule has 140 valence electrons. The highest BCUT2D eigenvalue weighted by atomic mass is 16.5. The molecule has 0 bridgehead atoms. The minimum absolute atomic E-state index is 0.00751. The summed E-state index contributed by atoms with van der Waals surface area (Å²) in [6.07, 6.45) is 4.43. The third-order valence-electron chi connectivity index (χ3n) is 5.94. The number of piperidine rings is 1. The predicted molar refractivity (Wildman–Crippen MR) is 107 cm³/mol. The molecule has 0 saturated carbocycles. The van der Waals surface area contributed by atoms with E-state index in [9.17, 15) is 0 Å². The molecule has 2 N–H and O–H groups in total. The first-order valence-corrected chi connectivity index (χ1v) is 9.90. The molecule has 4 heteroatoms. The van der Waals surface area contributed by atoms with Gasteiger partial charge in [0.2, 0.25) is 0 Å². The number of nitriles is 1. The average Bonchev–Trinajstić information content (AvgIpc) is 2.69. The fourth-order valence-electron chi connectivity index (χ4n) is 4.55. The third kappa shape index (κ3) is 3.71. The van der Waals surface area contributed by atoms with Gasteiger partial charge in [-0.05, 0) is 74.0 Å². The topological polar surface area (TPSA) is 62.3 Å². The summed E-state index contributed by atoms with van der Waals surface area (Å²) in [4.78, 5) is 2.54. The van der Waals surface area contributed by atoms with Gasteiger partial charge >= 0.3 is 0 Å². The van der Waals surface area contributed by atoms with E-state index in [1.807, 2.05) is 25.1 Å². The number of fused-ring (bicyclic) bond motifs is 1. The molecule has 4 rings (SSSR count). The highest BCUT2D eigenvalue weighted by molar-refractivity contribution is 5.42. The first-order valence-electron chi connectivity index (χ1n) is 9.90. The zero-order chi connectivity index (χ0) is 18.8. The number of benzene rings is 2. The second-order valence-corrected chi connectivity index (χ2v) is 7.83. The van der Waals surface area contributed by atoms with Gasteiger partial charge in [-0.25, -0.2) is 0 Å². The van der Waals surface area contributed by atoms with E-state index in [4.69, 9.17) is 15.7 Å². The molecule has 2 aliphatic rings. The maximum absolute atomic E-state index is 9.13. The number of hydrogen-bond donors (Lipinski definition) is 1. The zero-order valence-corrected chi connectivity index (χ0v) is 15.9. The van der Waals surface area contributed by atoms with E-state index in [0.29, 0.717) is 11.6 Å². The summed E-state index contributed by atoms with van der Waals surface area (Å²) in [6.45, 7) is 4.04. The minimum Gasteiger partial charge on any atom is -0.484 e. The van der Waals surface area contributed by atoms with Crippen molar-refractivity contribution in [2.24, 2.45) is 5.73 Å². The molecule has 1 heterocycles. The van der Waals surface area contributed by atoms with E-state index in [2.05, 4.69) is 35.2 Å². The molecule has 1 fully saturated rings. The van der Waals surface area contributed by atoms with Crippen molar-refractivity contribution in [3.63, 3.8) is 0 Å². The van der Waals surface area contributed by atoms with Crippen molar-refractivity contribution < 1.29 is 4.74 Å². The predicted octanol–water partition coefficient (Wildman–Crippen LogP) is 3.72. The monoisotopic (exact) mass is 361 g/mol. The van der Waals surface area contributed by atoms with E-state index < -0.39 is 0 Å². The number of nitrogens with two attached hydrogens (primary N) is 1. The number of hydrogen-bond acceptors (Lipinski definition) is 4. The molecule has 1 aliphatic heterocycles.